The molecule has 3 heterocycles. The number of piperidine rings is 1. The van der Waals surface area contributed by atoms with Gasteiger partial charge in [-0.15, -0.1) is 0 Å². The lowest BCUT2D eigenvalue weighted by Gasteiger charge is -2.54. The van der Waals surface area contributed by atoms with Gasteiger partial charge in [0, 0.05) is 36.9 Å². The average Bonchev–Trinajstić information content (AvgIpc) is 2.70. The van der Waals surface area contributed by atoms with Gasteiger partial charge in [0.25, 0.3) is 0 Å². The summed E-state index contributed by atoms with van der Waals surface area (Å²) < 4.78 is 0. The molecule has 0 amide bonds. The maximum atomic E-state index is 4.44. The van der Waals surface area contributed by atoms with Gasteiger partial charge in [0.05, 0.1) is 5.69 Å². The second-order valence-electron chi connectivity index (χ2n) is 9.80. The Hall–Kier alpha value is -1.59. The summed E-state index contributed by atoms with van der Waals surface area (Å²) in [6.45, 7) is 13.4. The van der Waals surface area contributed by atoms with Crippen LogP contribution in [0, 0.1) is 35.5 Å². The molecule has 1 aromatic heterocycles. The molecular formula is C24H32N4S. The van der Waals surface area contributed by atoms with Gasteiger partial charge in [-0.1, -0.05) is 45.5 Å². The summed E-state index contributed by atoms with van der Waals surface area (Å²) in [6, 6.07) is 6.86. The molecule has 0 spiro atoms. The monoisotopic (exact) mass is 408 g/mol. The van der Waals surface area contributed by atoms with E-state index in [1.807, 2.05) is 0 Å². The fourth-order valence-electron chi connectivity index (χ4n) is 6.24. The Morgan fingerprint density at radius 3 is 2.55 bits per heavy atom. The molecule has 1 aliphatic carbocycles. The zero-order valence-electron chi connectivity index (χ0n) is 17.9. The van der Waals surface area contributed by atoms with Gasteiger partial charge < -0.3 is 5.32 Å². The van der Waals surface area contributed by atoms with Crippen LogP contribution in [-0.2, 0) is 6.54 Å². The summed E-state index contributed by atoms with van der Waals surface area (Å²) in [7, 11) is 0. The summed E-state index contributed by atoms with van der Waals surface area (Å²) in [5.74, 6) is 5.93. The molecule has 2 fully saturated rings. The van der Waals surface area contributed by atoms with Gasteiger partial charge in [-0.05, 0) is 59.6 Å². The molecule has 29 heavy (non-hydrogen) atoms. The highest BCUT2D eigenvalue weighted by molar-refractivity contribution is 7.99. The molecule has 3 aliphatic rings. The highest BCUT2D eigenvalue weighted by atomic mass is 32.2. The number of nitrogens with one attached hydrogen (secondary N) is 1. The number of likely N-dealkylation sites (tertiary alicyclic amines) is 1. The number of anilines is 2. The molecule has 1 aromatic carbocycles. The van der Waals surface area contributed by atoms with Crippen LogP contribution in [0.5, 0.6) is 0 Å². The van der Waals surface area contributed by atoms with Crippen LogP contribution in [0.3, 0.4) is 0 Å². The molecule has 154 valence electrons. The molecule has 2 aliphatic heterocycles. The summed E-state index contributed by atoms with van der Waals surface area (Å²) in [4.78, 5) is 12.8. The largest absolute Gasteiger partial charge is 0.337 e. The van der Waals surface area contributed by atoms with E-state index in [-0.39, 0.29) is 0 Å². The minimum atomic E-state index is 0.795. The van der Waals surface area contributed by atoms with Crippen molar-refractivity contribution in [3.8, 4) is 0 Å². The maximum absolute atomic E-state index is 4.44. The smallest absolute Gasteiger partial charge is 0.163 e. The van der Waals surface area contributed by atoms with E-state index in [1.165, 1.54) is 35.7 Å². The second-order valence-corrected chi connectivity index (χ2v) is 10.8. The Balaban J connectivity index is 1.34. The van der Waals surface area contributed by atoms with E-state index in [4.69, 9.17) is 0 Å². The zero-order chi connectivity index (χ0) is 20.1. The third kappa shape index (κ3) is 3.57. The molecule has 1 saturated carbocycles. The van der Waals surface area contributed by atoms with Crippen molar-refractivity contribution in [2.75, 3.05) is 18.4 Å². The summed E-state index contributed by atoms with van der Waals surface area (Å²) in [5, 5.41) is 4.44. The van der Waals surface area contributed by atoms with E-state index in [2.05, 4.69) is 66.1 Å². The molecule has 1 N–H and O–H groups in total. The normalized spacial score (nSPS) is 31.1. The van der Waals surface area contributed by atoms with Gasteiger partial charge in [-0.3, -0.25) is 4.90 Å². The van der Waals surface area contributed by atoms with E-state index in [9.17, 15) is 0 Å². The average molecular weight is 409 g/mol. The van der Waals surface area contributed by atoms with E-state index in [0.717, 1.165) is 52.9 Å². The first-order valence-electron chi connectivity index (χ1n) is 11.1. The Bertz CT molecular complexity index is 880. The Kier molecular flexibility index (Phi) is 5.07. The van der Waals surface area contributed by atoms with E-state index >= 15 is 0 Å². The van der Waals surface area contributed by atoms with E-state index < -0.39 is 0 Å². The SMILES string of the molecule is CC(C)C1C2CN(Cc3ccc4c(c3)Nc3nccnc3S4)CC1C(C)CC2C. The number of aromatic nitrogens is 2. The van der Waals surface area contributed by atoms with E-state index in [1.54, 1.807) is 24.2 Å². The maximum Gasteiger partial charge on any atom is 0.163 e. The van der Waals surface area contributed by atoms with Crippen LogP contribution in [0.2, 0.25) is 0 Å². The minimum Gasteiger partial charge on any atom is -0.337 e. The first-order chi connectivity index (χ1) is 14.0. The minimum absolute atomic E-state index is 0.795. The highest BCUT2D eigenvalue weighted by Gasteiger charge is 2.46. The number of rotatable bonds is 3. The Morgan fingerprint density at radius 2 is 1.83 bits per heavy atom. The van der Waals surface area contributed by atoms with Crippen molar-refractivity contribution in [3.05, 3.63) is 36.2 Å². The van der Waals surface area contributed by atoms with Crippen LogP contribution >= 0.6 is 11.8 Å². The molecule has 5 rings (SSSR count). The van der Waals surface area contributed by atoms with Crippen molar-refractivity contribution in [1.82, 2.24) is 14.9 Å². The van der Waals surface area contributed by atoms with Crippen molar-refractivity contribution in [2.45, 2.75) is 50.6 Å². The van der Waals surface area contributed by atoms with Crippen LogP contribution in [0.15, 0.2) is 40.5 Å². The van der Waals surface area contributed by atoms with E-state index in [0.29, 0.717) is 0 Å². The van der Waals surface area contributed by atoms with Crippen molar-refractivity contribution in [3.63, 3.8) is 0 Å². The van der Waals surface area contributed by atoms with Gasteiger partial charge in [0.2, 0.25) is 0 Å². The fraction of sp³-hybridized carbons (Fsp3) is 0.583. The fourth-order valence-corrected chi connectivity index (χ4v) is 7.12. The van der Waals surface area contributed by atoms with Gasteiger partial charge in [-0.2, -0.15) is 0 Å². The molecule has 1 saturated heterocycles. The van der Waals surface area contributed by atoms with Crippen LogP contribution in [0.1, 0.15) is 39.7 Å². The summed E-state index contributed by atoms with van der Waals surface area (Å²) in [6.07, 6.45) is 4.92. The number of hydrogen-bond acceptors (Lipinski definition) is 5. The van der Waals surface area contributed by atoms with Crippen molar-refractivity contribution < 1.29 is 0 Å². The first kappa shape index (κ1) is 19.4. The number of nitrogens with zero attached hydrogens (tertiary/aromatic N) is 3. The predicted octanol–water partition coefficient (Wildman–Crippen LogP) is 5.68. The van der Waals surface area contributed by atoms with Gasteiger partial charge >= 0.3 is 0 Å². The summed E-state index contributed by atoms with van der Waals surface area (Å²) in [5.41, 5.74) is 2.56. The quantitative estimate of drug-likeness (QED) is 0.604. The van der Waals surface area contributed by atoms with Crippen molar-refractivity contribution >= 4 is 23.3 Å². The molecule has 5 heteroatoms. The number of fused-ring (bicyclic) bond motifs is 4. The first-order valence-corrected chi connectivity index (χ1v) is 11.9. The standard InChI is InChI=1S/C24H32N4S/c1-14(2)22-18-12-28(13-19(22)16(4)9-15(18)3)11-17-5-6-21-20(10-17)27-23-24(29-21)26-8-7-25-23/h5-8,10,14-16,18-19,22H,9,11-13H2,1-4H3,(H,25,27). The molecule has 2 bridgehead atoms. The van der Waals surface area contributed by atoms with Crippen LogP contribution in [-0.4, -0.2) is 28.0 Å². The lowest BCUT2D eigenvalue weighted by atomic mass is 9.57. The summed E-state index contributed by atoms with van der Waals surface area (Å²) >= 11 is 1.71. The van der Waals surface area contributed by atoms with Crippen LogP contribution in [0.25, 0.3) is 0 Å². The third-order valence-electron chi connectivity index (χ3n) is 7.48. The Morgan fingerprint density at radius 1 is 1.10 bits per heavy atom. The number of benzene rings is 1. The lowest BCUT2D eigenvalue weighted by Crippen LogP contribution is -2.54. The van der Waals surface area contributed by atoms with Gasteiger partial charge in [0.15, 0.2) is 5.82 Å². The lowest BCUT2D eigenvalue weighted by molar-refractivity contribution is -0.0607. The molecule has 4 atom stereocenters. The van der Waals surface area contributed by atoms with Crippen LogP contribution in [0.4, 0.5) is 11.5 Å². The molecule has 0 radical (unpaired) electrons. The topological polar surface area (TPSA) is 41.0 Å². The van der Waals surface area contributed by atoms with Gasteiger partial charge in [-0.25, -0.2) is 9.97 Å². The second kappa shape index (κ2) is 7.59. The molecule has 4 unspecified atom stereocenters. The molecular weight excluding hydrogens is 376 g/mol. The molecule has 2 aromatic rings. The van der Waals surface area contributed by atoms with Crippen molar-refractivity contribution in [2.24, 2.45) is 35.5 Å². The Labute approximate surface area is 178 Å². The third-order valence-corrected chi connectivity index (χ3v) is 8.54. The zero-order valence-corrected chi connectivity index (χ0v) is 18.7. The molecule has 4 nitrogen and oxygen atoms in total. The highest BCUT2D eigenvalue weighted by Crippen LogP contribution is 2.49. The predicted molar refractivity (Wildman–Crippen MR) is 119 cm³/mol. The van der Waals surface area contributed by atoms with Crippen LogP contribution < -0.4 is 5.32 Å². The van der Waals surface area contributed by atoms with Crippen molar-refractivity contribution in [1.29, 1.82) is 0 Å². The van der Waals surface area contributed by atoms with Gasteiger partial charge in [0.1, 0.15) is 5.03 Å². The number of hydrogen-bond donors (Lipinski definition) is 1.